The summed E-state index contributed by atoms with van der Waals surface area (Å²) in [6, 6.07) is 12.5. The lowest BCUT2D eigenvalue weighted by molar-refractivity contribution is 0.0642. The van der Waals surface area contributed by atoms with Gasteiger partial charge in [0.1, 0.15) is 0 Å². The maximum absolute atomic E-state index is 5.98. The summed E-state index contributed by atoms with van der Waals surface area (Å²) in [4.78, 5) is 9.63. The Hall–Kier alpha value is -2.02. The summed E-state index contributed by atoms with van der Waals surface area (Å²) in [5, 5.41) is 4.50. The third-order valence-corrected chi connectivity index (χ3v) is 5.63. The molecule has 6 heteroatoms. The summed E-state index contributed by atoms with van der Waals surface area (Å²) < 4.78 is 8.11. The third-order valence-electron chi connectivity index (χ3n) is 4.64. The summed E-state index contributed by atoms with van der Waals surface area (Å²) in [7, 11) is 0. The first-order valence-corrected chi connectivity index (χ1v) is 9.84. The summed E-state index contributed by atoms with van der Waals surface area (Å²) in [5.74, 6) is 0.418. The number of aryl methyl sites for hydroxylation is 1. The van der Waals surface area contributed by atoms with Gasteiger partial charge < -0.3 is 4.74 Å². The van der Waals surface area contributed by atoms with Crippen LogP contribution in [0.2, 0.25) is 0 Å². The predicted octanol–water partition coefficient (Wildman–Crippen LogP) is 3.50. The predicted molar refractivity (Wildman–Crippen MR) is 103 cm³/mol. The van der Waals surface area contributed by atoms with Crippen molar-refractivity contribution in [2.45, 2.75) is 33.2 Å². The molecule has 3 aromatic heterocycles. The fourth-order valence-corrected chi connectivity index (χ4v) is 4.38. The maximum atomic E-state index is 5.98. The van der Waals surface area contributed by atoms with Gasteiger partial charge >= 0.3 is 0 Å². The highest BCUT2D eigenvalue weighted by atomic mass is 32.1. The molecule has 136 valence electrons. The van der Waals surface area contributed by atoms with Crippen LogP contribution in [0.15, 0.2) is 48.8 Å². The molecule has 0 aromatic carbocycles. The van der Waals surface area contributed by atoms with E-state index in [2.05, 4.69) is 44.8 Å². The normalized spacial score (nSPS) is 17.8. The molecule has 0 radical (unpaired) electrons. The van der Waals surface area contributed by atoms with Gasteiger partial charge in [0.15, 0.2) is 0 Å². The van der Waals surface area contributed by atoms with E-state index in [4.69, 9.17) is 4.74 Å². The lowest BCUT2D eigenvalue weighted by Crippen LogP contribution is -2.29. The monoisotopic (exact) mass is 368 g/mol. The average Bonchev–Trinajstić information content (AvgIpc) is 3.21. The van der Waals surface area contributed by atoms with Crippen LogP contribution in [0, 0.1) is 12.8 Å². The number of ether oxygens (including phenoxy) is 1. The molecule has 0 fully saturated rings. The SMILES string of the molecule is Cc1ccc(CN2Cc3ccnn3CC(COCc3ccccn3)C2)s1. The number of aromatic nitrogens is 3. The number of fused-ring (bicyclic) bond motifs is 1. The van der Waals surface area contributed by atoms with E-state index in [1.807, 2.05) is 41.9 Å². The number of pyridine rings is 1. The van der Waals surface area contributed by atoms with Gasteiger partial charge in [0.05, 0.1) is 24.6 Å². The Morgan fingerprint density at radius 2 is 2.12 bits per heavy atom. The van der Waals surface area contributed by atoms with Crippen molar-refractivity contribution in [1.29, 1.82) is 0 Å². The molecule has 1 aliphatic heterocycles. The molecule has 0 spiro atoms. The highest BCUT2D eigenvalue weighted by Gasteiger charge is 2.23. The Morgan fingerprint density at radius 3 is 2.92 bits per heavy atom. The molecule has 1 aliphatic rings. The van der Waals surface area contributed by atoms with Crippen molar-refractivity contribution in [3.05, 3.63) is 69.9 Å². The molecule has 3 aromatic rings. The summed E-state index contributed by atoms with van der Waals surface area (Å²) in [6.45, 7) is 7.30. The van der Waals surface area contributed by atoms with Crippen LogP contribution in [0.5, 0.6) is 0 Å². The molecule has 26 heavy (non-hydrogen) atoms. The van der Waals surface area contributed by atoms with Gasteiger partial charge in [0, 0.05) is 54.2 Å². The topological polar surface area (TPSA) is 43.2 Å². The van der Waals surface area contributed by atoms with Gasteiger partial charge in [-0.3, -0.25) is 14.6 Å². The van der Waals surface area contributed by atoms with Gasteiger partial charge in [-0.1, -0.05) is 6.07 Å². The molecule has 1 atom stereocenters. The number of rotatable bonds is 6. The van der Waals surface area contributed by atoms with Crippen LogP contribution < -0.4 is 0 Å². The lowest BCUT2D eigenvalue weighted by atomic mass is 10.1. The van der Waals surface area contributed by atoms with Crippen molar-refractivity contribution in [2.75, 3.05) is 13.2 Å². The van der Waals surface area contributed by atoms with Crippen molar-refractivity contribution in [3.63, 3.8) is 0 Å². The Bertz CT molecular complexity index is 829. The van der Waals surface area contributed by atoms with E-state index in [0.29, 0.717) is 12.5 Å². The zero-order valence-electron chi connectivity index (χ0n) is 15.0. The van der Waals surface area contributed by atoms with Crippen molar-refractivity contribution < 1.29 is 4.74 Å². The van der Waals surface area contributed by atoms with E-state index in [0.717, 1.165) is 38.5 Å². The summed E-state index contributed by atoms with van der Waals surface area (Å²) >= 11 is 1.88. The van der Waals surface area contributed by atoms with Crippen LogP contribution in [-0.2, 0) is 31.0 Å². The Kier molecular flexibility index (Phi) is 5.43. The quantitative estimate of drug-likeness (QED) is 0.668. The fraction of sp³-hybridized carbons (Fsp3) is 0.400. The minimum atomic E-state index is 0.418. The minimum Gasteiger partial charge on any atom is -0.375 e. The van der Waals surface area contributed by atoms with E-state index in [9.17, 15) is 0 Å². The highest BCUT2D eigenvalue weighted by molar-refractivity contribution is 7.11. The highest BCUT2D eigenvalue weighted by Crippen LogP contribution is 2.22. The molecular weight excluding hydrogens is 344 g/mol. The maximum Gasteiger partial charge on any atom is 0.0887 e. The lowest BCUT2D eigenvalue weighted by Gasteiger charge is -2.23. The number of hydrogen-bond acceptors (Lipinski definition) is 5. The van der Waals surface area contributed by atoms with Crippen LogP contribution in [0.1, 0.15) is 21.1 Å². The summed E-state index contributed by atoms with van der Waals surface area (Å²) in [5.41, 5.74) is 2.26. The van der Waals surface area contributed by atoms with E-state index in [1.54, 1.807) is 0 Å². The van der Waals surface area contributed by atoms with Crippen molar-refractivity contribution in [2.24, 2.45) is 5.92 Å². The average molecular weight is 369 g/mol. The van der Waals surface area contributed by atoms with Crippen molar-refractivity contribution in [3.8, 4) is 0 Å². The van der Waals surface area contributed by atoms with Crippen LogP contribution in [0.25, 0.3) is 0 Å². The van der Waals surface area contributed by atoms with Crippen molar-refractivity contribution in [1.82, 2.24) is 19.7 Å². The molecule has 0 saturated carbocycles. The minimum absolute atomic E-state index is 0.418. The number of hydrogen-bond donors (Lipinski definition) is 0. The fourth-order valence-electron chi connectivity index (χ4n) is 3.45. The van der Waals surface area contributed by atoms with Crippen LogP contribution >= 0.6 is 11.3 Å². The van der Waals surface area contributed by atoms with Gasteiger partial charge in [-0.05, 0) is 37.3 Å². The molecule has 0 N–H and O–H groups in total. The van der Waals surface area contributed by atoms with E-state index < -0.39 is 0 Å². The van der Waals surface area contributed by atoms with Crippen molar-refractivity contribution >= 4 is 11.3 Å². The molecule has 0 bridgehead atoms. The third kappa shape index (κ3) is 4.38. The van der Waals surface area contributed by atoms with Gasteiger partial charge in [-0.2, -0.15) is 5.10 Å². The Labute approximate surface area is 158 Å². The molecular formula is C20H24N4OS. The smallest absolute Gasteiger partial charge is 0.0887 e. The van der Waals surface area contributed by atoms with E-state index >= 15 is 0 Å². The standard InChI is InChI=1S/C20H24N4OS/c1-16-5-6-20(26-16)13-23-10-17(11-24-19(12-23)7-9-22-24)14-25-15-18-4-2-3-8-21-18/h2-9,17H,10-15H2,1H3. The second-order valence-electron chi connectivity index (χ2n) is 6.89. The summed E-state index contributed by atoms with van der Waals surface area (Å²) in [6.07, 6.45) is 3.71. The first kappa shape index (κ1) is 17.4. The first-order valence-electron chi connectivity index (χ1n) is 9.02. The molecule has 0 saturated heterocycles. The number of nitrogens with zero attached hydrogens (tertiary/aromatic N) is 4. The molecule has 5 nitrogen and oxygen atoms in total. The van der Waals surface area contributed by atoms with Gasteiger partial charge in [0.25, 0.3) is 0 Å². The molecule has 0 aliphatic carbocycles. The second-order valence-corrected chi connectivity index (χ2v) is 8.26. The zero-order chi connectivity index (χ0) is 17.8. The first-order chi connectivity index (χ1) is 12.8. The van der Waals surface area contributed by atoms with Gasteiger partial charge in [-0.25, -0.2) is 0 Å². The van der Waals surface area contributed by atoms with Gasteiger partial charge in [0.2, 0.25) is 0 Å². The molecule has 4 heterocycles. The van der Waals surface area contributed by atoms with Crippen LogP contribution in [0.4, 0.5) is 0 Å². The number of thiophene rings is 1. The van der Waals surface area contributed by atoms with E-state index in [1.165, 1.54) is 15.4 Å². The van der Waals surface area contributed by atoms with Gasteiger partial charge in [-0.15, -0.1) is 11.3 Å². The molecule has 1 unspecified atom stereocenters. The largest absolute Gasteiger partial charge is 0.375 e. The zero-order valence-corrected chi connectivity index (χ0v) is 15.9. The molecule has 0 amide bonds. The van der Waals surface area contributed by atoms with E-state index in [-0.39, 0.29) is 0 Å². The van der Waals surface area contributed by atoms with Crippen LogP contribution in [-0.4, -0.2) is 32.8 Å². The Balaban J connectivity index is 1.40. The Morgan fingerprint density at radius 1 is 1.15 bits per heavy atom. The molecule has 4 rings (SSSR count). The second kappa shape index (κ2) is 8.12. The van der Waals surface area contributed by atoms with Crippen LogP contribution in [0.3, 0.4) is 0 Å².